The zero-order valence-electron chi connectivity index (χ0n) is 14.9. The molecule has 0 saturated heterocycles. The van der Waals surface area contributed by atoms with Crippen LogP contribution in [-0.4, -0.2) is 36.0 Å². The van der Waals surface area contributed by atoms with E-state index in [2.05, 4.69) is 33.7 Å². The van der Waals surface area contributed by atoms with Gasteiger partial charge in [-0.25, -0.2) is 9.98 Å². The molecule has 0 aliphatic rings. The van der Waals surface area contributed by atoms with Gasteiger partial charge in [-0.15, -0.1) is 30.6 Å². The number of guanidine groups is 1. The van der Waals surface area contributed by atoms with Crippen LogP contribution < -0.4 is 5.32 Å². The highest BCUT2D eigenvalue weighted by molar-refractivity contribution is 14.0. The van der Waals surface area contributed by atoms with Crippen molar-refractivity contribution in [3.8, 4) is 11.5 Å². The molecule has 0 saturated carbocycles. The summed E-state index contributed by atoms with van der Waals surface area (Å²) in [5, 5.41) is 3.31. The first-order chi connectivity index (χ1) is 11.7. The van der Waals surface area contributed by atoms with E-state index in [9.17, 15) is 0 Å². The molecule has 5 nitrogen and oxygen atoms in total. The summed E-state index contributed by atoms with van der Waals surface area (Å²) < 4.78 is 5.56. The Balaban J connectivity index is 0.00000312. The minimum absolute atomic E-state index is 0. The van der Waals surface area contributed by atoms with Gasteiger partial charge in [0.05, 0.1) is 6.54 Å². The van der Waals surface area contributed by atoms with Crippen LogP contribution in [0.15, 0.2) is 58.7 Å². The second-order valence-electron chi connectivity index (χ2n) is 5.53. The van der Waals surface area contributed by atoms with Gasteiger partial charge in [0.1, 0.15) is 12.0 Å². The number of halogens is 1. The molecule has 0 bridgehead atoms. The van der Waals surface area contributed by atoms with E-state index in [1.54, 1.807) is 6.26 Å². The summed E-state index contributed by atoms with van der Waals surface area (Å²) in [7, 11) is 2.04. The Hall–Kier alpha value is -1.83. The summed E-state index contributed by atoms with van der Waals surface area (Å²) in [6.45, 7) is 8.08. The van der Waals surface area contributed by atoms with Crippen molar-refractivity contribution in [3.05, 3.63) is 54.9 Å². The van der Waals surface area contributed by atoms with Crippen LogP contribution in [0.1, 0.15) is 25.5 Å². The van der Waals surface area contributed by atoms with E-state index < -0.39 is 0 Å². The summed E-state index contributed by atoms with van der Waals surface area (Å²) >= 11 is 0. The largest absolute Gasteiger partial charge is 0.444 e. The van der Waals surface area contributed by atoms with Gasteiger partial charge in [0, 0.05) is 25.7 Å². The molecule has 25 heavy (non-hydrogen) atoms. The lowest BCUT2D eigenvalue weighted by molar-refractivity contribution is 0.470. The standard InChI is InChI=1S/C19H26N4O.HI/c1-4-6-10-13-23(3)19(20-5-2)21-14-17-15-24-18(22-17)16-11-8-7-9-12-16;/h4,7-9,11-12,15H,1,5-6,10,13-14H2,2-3H3,(H,20,21);1H. The average Bonchev–Trinajstić information content (AvgIpc) is 3.08. The number of allylic oxidation sites excluding steroid dienone is 1. The minimum Gasteiger partial charge on any atom is -0.444 e. The molecule has 136 valence electrons. The second kappa shape index (κ2) is 11.7. The molecule has 0 aliphatic heterocycles. The SMILES string of the molecule is C=CCCCN(C)C(=NCc1coc(-c2ccccc2)n1)NCC.I. The molecule has 2 rings (SSSR count). The van der Waals surface area contributed by atoms with Gasteiger partial charge in [-0.05, 0) is 31.9 Å². The quantitative estimate of drug-likeness (QED) is 0.212. The van der Waals surface area contributed by atoms with Gasteiger partial charge in [0.2, 0.25) is 5.89 Å². The summed E-state index contributed by atoms with van der Waals surface area (Å²) in [6.07, 6.45) is 5.69. The lowest BCUT2D eigenvalue weighted by Crippen LogP contribution is -2.39. The van der Waals surface area contributed by atoms with Crippen molar-refractivity contribution in [2.75, 3.05) is 20.1 Å². The molecule has 1 aromatic heterocycles. The number of oxazole rings is 1. The maximum atomic E-state index is 5.56. The number of nitrogens with one attached hydrogen (secondary N) is 1. The number of aromatic nitrogens is 1. The first-order valence-corrected chi connectivity index (χ1v) is 8.34. The molecule has 1 aromatic carbocycles. The lowest BCUT2D eigenvalue weighted by atomic mass is 10.2. The summed E-state index contributed by atoms with van der Waals surface area (Å²) in [6, 6.07) is 9.88. The highest BCUT2D eigenvalue weighted by Crippen LogP contribution is 2.18. The van der Waals surface area contributed by atoms with Crippen LogP contribution >= 0.6 is 24.0 Å². The molecule has 0 atom stereocenters. The van der Waals surface area contributed by atoms with Crippen LogP contribution in [-0.2, 0) is 6.54 Å². The van der Waals surface area contributed by atoms with Crippen molar-refractivity contribution in [1.29, 1.82) is 0 Å². The molecule has 2 aromatic rings. The number of aliphatic imine (C=N–C) groups is 1. The Morgan fingerprint density at radius 2 is 2.12 bits per heavy atom. The van der Waals surface area contributed by atoms with E-state index in [-0.39, 0.29) is 24.0 Å². The third-order valence-electron chi connectivity index (χ3n) is 3.56. The average molecular weight is 454 g/mol. The topological polar surface area (TPSA) is 53.7 Å². The molecule has 0 aliphatic carbocycles. The summed E-state index contributed by atoms with van der Waals surface area (Å²) in [5.74, 6) is 1.51. The van der Waals surface area contributed by atoms with Crippen molar-refractivity contribution >= 4 is 29.9 Å². The van der Waals surface area contributed by atoms with Gasteiger partial charge in [-0.1, -0.05) is 24.3 Å². The van der Waals surface area contributed by atoms with Gasteiger partial charge in [0.25, 0.3) is 0 Å². The van der Waals surface area contributed by atoms with Gasteiger partial charge in [0.15, 0.2) is 5.96 Å². The van der Waals surface area contributed by atoms with Crippen LogP contribution in [0.4, 0.5) is 0 Å². The van der Waals surface area contributed by atoms with Crippen LogP contribution in [0.3, 0.4) is 0 Å². The van der Waals surface area contributed by atoms with Crippen LogP contribution in [0, 0.1) is 0 Å². The fourth-order valence-corrected chi connectivity index (χ4v) is 2.30. The van der Waals surface area contributed by atoms with Crippen LogP contribution in [0.25, 0.3) is 11.5 Å². The Bertz CT molecular complexity index is 654. The lowest BCUT2D eigenvalue weighted by Gasteiger charge is -2.21. The van der Waals surface area contributed by atoms with E-state index in [0.29, 0.717) is 12.4 Å². The van der Waals surface area contributed by atoms with Gasteiger partial charge in [-0.2, -0.15) is 0 Å². The summed E-state index contributed by atoms with van der Waals surface area (Å²) in [5.41, 5.74) is 1.80. The molecule has 6 heteroatoms. The van der Waals surface area contributed by atoms with Gasteiger partial charge < -0.3 is 14.6 Å². The monoisotopic (exact) mass is 454 g/mol. The Kier molecular flexibility index (Phi) is 9.91. The van der Waals surface area contributed by atoms with Crippen LogP contribution in [0.5, 0.6) is 0 Å². The van der Waals surface area contributed by atoms with E-state index >= 15 is 0 Å². The predicted molar refractivity (Wildman–Crippen MR) is 114 cm³/mol. The molecule has 0 spiro atoms. The maximum Gasteiger partial charge on any atom is 0.226 e. The Labute approximate surface area is 167 Å². The number of benzene rings is 1. The number of unbranched alkanes of at least 4 members (excludes halogenated alkanes) is 1. The third-order valence-corrected chi connectivity index (χ3v) is 3.56. The predicted octanol–water partition coefficient (Wildman–Crippen LogP) is 4.32. The van der Waals surface area contributed by atoms with E-state index in [1.807, 2.05) is 43.5 Å². The van der Waals surface area contributed by atoms with Crippen molar-refractivity contribution in [1.82, 2.24) is 15.2 Å². The third kappa shape index (κ3) is 6.89. The minimum atomic E-state index is 0. The highest BCUT2D eigenvalue weighted by atomic mass is 127. The second-order valence-corrected chi connectivity index (χ2v) is 5.53. The van der Waals surface area contributed by atoms with Gasteiger partial charge >= 0.3 is 0 Å². The molecular formula is C19H27IN4O. The number of rotatable bonds is 8. The molecule has 0 unspecified atom stereocenters. The van der Waals surface area contributed by atoms with Gasteiger partial charge in [-0.3, -0.25) is 0 Å². The number of hydrogen-bond acceptors (Lipinski definition) is 3. The van der Waals surface area contributed by atoms with Crippen molar-refractivity contribution in [3.63, 3.8) is 0 Å². The fraction of sp³-hybridized carbons (Fsp3) is 0.368. The van der Waals surface area contributed by atoms with Crippen molar-refractivity contribution in [2.24, 2.45) is 4.99 Å². The molecule has 0 amide bonds. The van der Waals surface area contributed by atoms with E-state index in [4.69, 9.17) is 4.42 Å². The molecule has 1 heterocycles. The number of hydrogen-bond donors (Lipinski definition) is 1. The smallest absolute Gasteiger partial charge is 0.226 e. The first kappa shape index (κ1) is 21.2. The Morgan fingerprint density at radius 1 is 1.36 bits per heavy atom. The molecule has 0 radical (unpaired) electrons. The zero-order chi connectivity index (χ0) is 17.2. The highest BCUT2D eigenvalue weighted by Gasteiger charge is 2.08. The molecule has 0 fully saturated rings. The fourth-order valence-electron chi connectivity index (χ4n) is 2.30. The molecule has 1 N–H and O–H groups in total. The first-order valence-electron chi connectivity index (χ1n) is 8.34. The Morgan fingerprint density at radius 3 is 2.80 bits per heavy atom. The van der Waals surface area contributed by atoms with E-state index in [0.717, 1.165) is 43.1 Å². The van der Waals surface area contributed by atoms with Crippen molar-refractivity contribution in [2.45, 2.75) is 26.3 Å². The van der Waals surface area contributed by atoms with E-state index in [1.165, 1.54) is 0 Å². The normalized spacial score (nSPS) is 10.9. The maximum absolute atomic E-state index is 5.56. The van der Waals surface area contributed by atoms with Crippen LogP contribution in [0.2, 0.25) is 0 Å². The molecular weight excluding hydrogens is 427 g/mol. The summed E-state index contributed by atoms with van der Waals surface area (Å²) in [4.78, 5) is 11.3. The zero-order valence-corrected chi connectivity index (χ0v) is 17.3. The van der Waals surface area contributed by atoms with Crippen molar-refractivity contribution < 1.29 is 4.42 Å². The number of nitrogens with zero attached hydrogens (tertiary/aromatic N) is 3.